The number of amides is 1. The van der Waals surface area contributed by atoms with E-state index in [-0.39, 0.29) is 12.5 Å². The summed E-state index contributed by atoms with van der Waals surface area (Å²) in [6, 6.07) is 5.86. The van der Waals surface area contributed by atoms with Crippen LogP contribution < -0.4 is 4.74 Å². The molecule has 0 bridgehead atoms. The van der Waals surface area contributed by atoms with Gasteiger partial charge in [-0.3, -0.25) is 4.79 Å². The Bertz CT molecular complexity index is 511. The minimum Gasteiger partial charge on any atom is -0.483 e. The Labute approximate surface area is 126 Å². The van der Waals surface area contributed by atoms with E-state index in [9.17, 15) is 9.90 Å². The van der Waals surface area contributed by atoms with E-state index in [2.05, 4.69) is 0 Å². The van der Waals surface area contributed by atoms with Crippen LogP contribution in [-0.4, -0.2) is 41.2 Å². The van der Waals surface area contributed by atoms with Crippen LogP contribution in [-0.2, 0) is 4.79 Å². The van der Waals surface area contributed by atoms with Crippen molar-refractivity contribution in [1.82, 2.24) is 4.90 Å². The Balaban J connectivity index is 1.91. The molecule has 1 aliphatic rings. The smallest absolute Gasteiger partial charge is 0.260 e. The number of nitrogens with zero attached hydrogens (tertiary/aromatic N) is 1. The van der Waals surface area contributed by atoms with Crippen LogP contribution in [0, 0.1) is 13.8 Å². The van der Waals surface area contributed by atoms with Crippen molar-refractivity contribution in [2.75, 3.05) is 19.7 Å². The molecule has 2 rings (SSSR count). The number of ether oxygens (including phenoxy) is 1. The number of hydrogen-bond acceptors (Lipinski definition) is 3. The molecular formula is C17H25NO3. The number of aryl methyl sites for hydroxylation is 1. The highest BCUT2D eigenvalue weighted by Gasteiger charge is 2.27. The lowest BCUT2D eigenvalue weighted by molar-refractivity contribution is -0.133. The predicted octanol–water partition coefficient (Wildman–Crippen LogP) is 2.45. The highest BCUT2D eigenvalue weighted by atomic mass is 16.5. The molecule has 21 heavy (non-hydrogen) atoms. The van der Waals surface area contributed by atoms with Crippen LogP contribution in [0.5, 0.6) is 5.75 Å². The third kappa shape index (κ3) is 4.21. The molecule has 0 aliphatic carbocycles. The minimum atomic E-state index is -0.650. The standard InChI is InChI=1S/C17H25NO3/c1-13-6-4-7-15(14(13)2)21-12-16(19)18-10-5-8-17(3,20)9-11-18/h4,6-7,20H,5,8-12H2,1-3H3. The second-order valence-corrected chi connectivity index (χ2v) is 6.22. The van der Waals surface area contributed by atoms with Gasteiger partial charge in [-0.05, 0) is 57.2 Å². The van der Waals surface area contributed by atoms with Gasteiger partial charge < -0.3 is 14.7 Å². The van der Waals surface area contributed by atoms with Crippen molar-refractivity contribution in [3.63, 3.8) is 0 Å². The molecule has 0 radical (unpaired) electrons. The summed E-state index contributed by atoms with van der Waals surface area (Å²) in [5.74, 6) is 0.763. The van der Waals surface area contributed by atoms with Crippen LogP contribution in [0.4, 0.5) is 0 Å². The monoisotopic (exact) mass is 291 g/mol. The van der Waals surface area contributed by atoms with E-state index in [1.54, 1.807) is 4.90 Å². The van der Waals surface area contributed by atoms with Gasteiger partial charge in [-0.1, -0.05) is 12.1 Å². The lowest BCUT2D eigenvalue weighted by Gasteiger charge is -2.23. The fourth-order valence-corrected chi connectivity index (χ4v) is 2.62. The summed E-state index contributed by atoms with van der Waals surface area (Å²) in [5.41, 5.74) is 1.58. The van der Waals surface area contributed by atoms with E-state index < -0.39 is 5.60 Å². The molecule has 1 aromatic carbocycles. The quantitative estimate of drug-likeness (QED) is 0.930. The Hall–Kier alpha value is -1.55. The van der Waals surface area contributed by atoms with Crippen LogP contribution in [0.3, 0.4) is 0 Å². The Morgan fingerprint density at radius 2 is 2.10 bits per heavy atom. The van der Waals surface area contributed by atoms with Crippen molar-refractivity contribution in [1.29, 1.82) is 0 Å². The van der Waals surface area contributed by atoms with E-state index in [4.69, 9.17) is 4.74 Å². The molecule has 1 unspecified atom stereocenters. The summed E-state index contributed by atoms with van der Waals surface area (Å²) in [7, 11) is 0. The molecule has 0 aromatic heterocycles. The molecular weight excluding hydrogens is 266 g/mol. The number of rotatable bonds is 3. The summed E-state index contributed by atoms with van der Waals surface area (Å²) in [6.07, 6.45) is 2.21. The first-order valence-electron chi connectivity index (χ1n) is 7.58. The van der Waals surface area contributed by atoms with E-state index in [0.717, 1.165) is 29.7 Å². The first-order chi connectivity index (χ1) is 9.89. The molecule has 1 heterocycles. The zero-order valence-electron chi connectivity index (χ0n) is 13.2. The predicted molar refractivity (Wildman–Crippen MR) is 82.5 cm³/mol. The van der Waals surface area contributed by atoms with E-state index in [1.807, 2.05) is 39.0 Å². The van der Waals surface area contributed by atoms with E-state index in [1.165, 1.54) is 0 Å². The van der Waals surface area contributed by atoms with Gasteiger partial charge in [-0.15, -0.1) is 0 Å². The van der Waals surface area contributed by atoms with Gasteiger partial charge in [0, 0.05) is 13.1 Å². The van der Waals surface area contributed by atoms with Crippen LogP contribution in [0.1, 0.15) is 37.3 Å². The van der Waals surface area contributed by atoms with Gasteiger partial charge in [-0.2, -0.15) is 0 Å². The van der Waals surface area contributed by atoms with Crippen molar-refractivity contribution >= 4 is 5.91 Å². The lowest BCUT2D eigenvalue weighted by atomic mass is 9.98. The summed E-state index contributed by atoms with van der Waals surface area (Å²) in [5, 5.41) is 10.1. The summed E-state index contributed by atoms with van der Waals surface area (Å²) < 4.78 is 5.67. The highest BCUT2D eigenvalue weighted by molar-refractivity contribution is 5.77. The second-order valence-electron chi connectivity index (χ2n) is 6.22. The summed E-state index contributed by atoms with van der Waals surface area (Å²) in [6.45, 7) is 7.23. The summed E-state index contributed by atoms with van der Waals surface area (Å²) in [4.78, 5) is 14.0. The molecule has 1 amide bonds. The van der Waals surface area contributed by atoms with Crippen LogP contribution in [0.2, 0.25) is 0 Å². The fraction of sp³-hybridized carbons (Fsp3) is 0.588. The molecule has 1 aliphatic heterocycles. The third-order valence-corrected chi connectivity index (χ3v) is 4.32. The van der Waals surface area contributed by atoms with Gasteiger partial charge in [-0.25, -0.2) is 0 Å². The Morgan fingerprint density at radius 1 is 1.33 bits per heavy atom. The van der Waals surface area contributed by atoms with Crippen molar-refractivity contribution in [2.24, 2.45) is 0 Å². The fourth-order valence-electron chi connectivity index (χ4n) is 2.62. The maximum atomic E-state index is 12.3. The average molecular weight is 291 g/mol. The highest BCUT2D eigenvalue weighted by Crippen LogP contribution is 2.23. The van der Waals surface area contributed by atoms with Crippen molar-refractivity contribution in [3.05, 3.63) is 29.3 Å². The largest absolute Gasteiger partial charge is 0.483 e. The third-order valence-electron chi connectivity index (χ3n) is 4.32. The molecule has 0 saturated carbocycles. The molecule has 1 atom stereocenters. The number of carbonyl (C=O) groups excluding carboxylic acids is 1. The normalized spacial score (nSPS) is 22.8. The number of likely N-dealkylation sites (tertiary alicyclic amines) is 1. The first-order valence-corrected chi connectivity index (χ1v) is 7.58. The van der Waals surface area contributed by atoms with Crippen molar-refractivity contribution < 1.29 is 14.6 Å². The van der Waals surface area contributed by atoms with Crippen LogP contribution in [0.15, 0.2) is 18.2 Å². The van der Waals surface area contributed by atoms with Gasteiger partial charge >= 0.3 is 0 Å². The topological polar surface area (TPSA) is 49.8 Å². The van der Waals surface area contributed by atoms with Crippen LogP contribution >= 0.6 is 0 Å². The minimum absolute atomic E-state index is 0.00592. The van der Waals surface area contributed by atoms with Gasteiger partial charge in [0.25, 0.3) is 5.91 Å². The zero-order chi connectivity index (χ0) is 15.5. The zero-order valence-corrected chi connectivity index (χ0v) is 13.2. The maximum absolute atomic E-state index is 12.3. The van der Waals surface area contributed by atoms with Gasteiger partial charge in [0.15, 0.2) is 6.61 Å². The van der Waals surface area contributed by atoms with Gasteiger partial charge in [0.2, 0.25) is 0 Å². The molecule has 1 aromatic rings. The van der Waals surface area contributed by atoms with E-state index in [0.29, 0.717) is 19.5 Å². The Kier molecular flexibility index (Phi) is 4.88. The van der Waals surface area contributed by atoms with E-state index >= 15 is 0 Å². The molecule has 1 N–H and O–H groups in total. The number of aliphatic hydroxyl groups is 1. The van der Waals surface area contributed by atoms with Gasteiger partial charge in [0.1, 0.15) is 5.75 Å². The number of benzene rings is 1. The number of carbonyl (C=O) groups is 1. The molecule has 4 heteroatoms. The molecule has 0 spiro atoms. The molecule has 1 fully saturated rings. The van der Waals surface area contributed by atoms with Gasteiger partial charge in [0.05, 0.1) is 5.60 Å². The van der Waals surface area contributed by atoms with Crippen LogP contribution in [0.25, 0.3) is 0 Å². The summed E-state index contributed by atoms with van der Waals surface area (Å²) >= 11 is 0. The Morgan fingerprint density at radius 3 is 2.86 bits per heavy atom. The lowest BCUT2D eigenvalue weighted by Crippen LogP contribution is -2.36. The average Bonchev–Trinajstić information content (AvgIpc) is 2.61. The maximum Gasteiger partial charge on any atom is 0.260 e. The molecule has 1 saturated heterocycles. The number of hydrogen-bond donors (Lipinski definition) is 1. The first kappa shape index (κ1) is 15.8. The molecule has 4 nitrogen and oxygen atoms in total. The molecule has 116 valence electrons. The van der Waals surface area contributed by atoms with Crippen molar-refractivity contribution in [3.8, 4) is 5.75 Å². The van der Waals surface area contributed by atoms with Crippen molar-refractivity contribution in [2.45, 2.75) is 45.6 Å². The second kappa shape index (κ2) is 6.48. The SMILES string of the molecule is Cc1cccc(OCC(=O)N2CCCC(C)(O)CC2)c1C.